The smallest absolute Gasteiger partial charge is 0.261 e. The molecular formula is C33H31ClN10O2. The minimum absolute atomic E-state index is 0.129. The molecular weight excluding hydrogens is 604 g/mol. The van der Waals surface area contributed by atoms with Crippen molar-refractivity contribution in [3.05, 3.63) is 131 Å². The first-order valence-corrected chi connectivity index (χ1v) is 14.5. The highest BCUT2D eigenvalue weighted by Gasteiger charge is 2.22. The van der Waals surface area contributed by atoms with Gasteiger partial charge in [0.1, 0.15) is 0 Å². The zero-order valence-corrected chi connectivity index (χ0v) is 26.7. The average molecular weight is 635 g/mol. The molecule has 0 bridgehead atoms. The van der Waals surface area contributed by atoms with Crippen molar-refractivity contribution in [2.45, 2.75) is 20.8 Å². The van der Waals surface area contributed by atoms with Crippen molar-refractivity contribution in [1.29, 1.82) is 0 Å². The molecule has 46 heavy (non-hydrogen) atoms. The highest BCUT2D eigenvalue weighted by Crippen LogP contribution is 2.22. The van der Waals surface area contributed by atoms with Crippen molar-refractivity contribution in [3.8, 4) is 11.6 Å². The third kappa shape index (κ3) is 6.52. The normalized spacial score (nSPS) is 10.6. The molecule has 0 aliphatic heterocycles. The van der Waals surface area contributed by atoms with Gasteiger partial charge in [-0.2, -0.15) is 10.2 Å². The van der Waals surface area contributed by atoms with E-state index < -0.39 is 0 Å². The zero-order chi connectivity index (χ0) is 32.8. The van der Waals surface area contributed by atoms with Crippen molar-refractivity contribution in [3.63, 3.8) is 0 Å². The van der Waals surface area contributed by atoms with Crippen molar-refractivity contribution < 1.29 is 9.59 Å². The summed E-state index contributed by atoms with van der Waals surface area (Å²) in [6.45, 7) is 5.64. The van der Waals surface area contributed by atoms with Crippen LogP contribution >= 0.6 is 11.6 Å². The SMILES string of the molecule is Cc1c(C(=O)N(C)c2cccnc2)cnn1-c1ncccc1Cl.Cc1cccnc1-n1ncc(C(=O)N(C)c2cccnc2)c1C. The van der Waals surface area contributed by atoms with Crippen molar-refractivity contribution in [2.24, 2.45) is 0 Å². The lowest BCUT2D eigenvalue weighted by Gasteiger charge is -2.16. The Bertz CT molecular complexity index is 1830. The Morgan fingerprint density at radius 3 is 1.54 bits per heavy atom. The van der Waals surface area contributed by atoms with Gasteiger partial charge in [0.15, 0.2) is 11.6 Å². The third-order valence-corrected chi connectivity index (χ3v) is 7.57. The fourth-order valence-electron chi connectivity index (χ4n) is 4.60. The molecule has 0 aliphatic rings. The second kappa shape index (κ2) is 13.9. The van der Waals surface area contributed by atoms with Crippen LogP contribution in [0.5, 0.6) is 0 Å². The van der Waals surface area contributed by atoms with Crippen LogP contribution in [0.4, 0.5) is 11.4 Å². The molecule has 13 heteroatoms. The van der Waals surface area contributed by atoms with E-state index in [0.717, 1.165) is 22.8 Å². The van der Waals surface area contributed by atoms with E-state index in [1.807, 2.05) is 45.0 Å². The van der Waals surface area contributed by atoms with Gasteiger partial charge in [0.25, 0.3) is 11.8 Å². The number of nitrogens with zero attached hydrogens (tertiary/aromatic N) is 10. The Morgan fingerprint density at radius 2 is 1.09 bits per heavy atom. The van der Waals surface area contributed by atoms with E-state index in [1.54, 1.807) is 96.0 Å². The molecule has 6 rings (SSSR count). The molecule has 2 amide bonds. The van der Waals surface area contributed by atoms with Gasteiger partial charge in [-0.05, 0) is 68.8 Å². The maximum absolute atomic E-state index is 12.7. The van der Waals surface area contributed by atoms with Crippen molar-refractivity contribution in [2.75, 3.05) is 23.9 Å². The average Bonchev–Trinajstić information content (AvgIpc) is 3.66. The molecule has 0 radical (unpaired) electrons. The molecule has 0 aromatic carbocycles. The molecule has 0 fully saturated rings. The predicted octanol–water partition coefficient (Wildman–Crippen LogP) is 5.46. The van der Waals surface area contributed by atoms with E-state index in [4.69, 9.17) is 11.6 Å². The van der Waals surface area contributed by atoms with Gasteiger partial charge < -0.3 is 9.80 Å². The van der Waals surface area contributed by atoms with Crippen LogP contribution in [0.15, 0.2) is 98.1 Å². The highest BCUT2D eigenvalue weighted by molar-refractivity contribution is 6.32. The lowest BCUT2D eigenvalue weighted by molar-refractivity contribution is 0.0984. The van der Waals surface area contributed by atoms with E-state index >= 15 is 0 Å². The number of carbonyl (C=O) groups is 2. The number of aryl methyl sites for hydroxylation is 1. The van der Waals surface area contributed by atoms with Crippen LogP contribution < -0.4 is 9.80 Å². The minimum atomic E-state index is -0.172. The number of halogens is 1. The summed E-state index contributed by atoms with van der Waals surface area (Å²) in [5.41, 5.74) is 4.90. The van der Waals surface area contributed by atoms with Gasteiger partial charge in [-0.3, -0.25) is 19.6 Å². The number of hydrogen-bond acceptors (Lipinski definition) is 8. The van der Waals surface area contributed by atoms with Crippen LogP contribution in [0.2, 0.25) is 5.02 Å². The molecule has 12 nitrogen and oxygen atoms in total. The van der Waals surface area contributed by atoms with Gasteiger partial charge in [0.2, 0.25) is 0 Å². The molecule has 0 spiro atoms. The van der Waals surface area contributed by atoms with Gasteiger partial charge in [0.05, 0.1) is 63.7 Å². The summed E-state index contributed by atoms with van der Waals surface area (Å²) in [6.07, 6.45) is 13.1. The second-order valence-corrected chi connectivity index (χ2v) is 10.6. The number of aromatic nitrogens is 8. The Balaban J connectivity index is 0.000000181. The summed E-state index contributed by atoms with van der Waals surface area (Å²) >= 11 is 6.15. The summed E-state index contributed by atoms with van der Waals surface area (Å²) in [5.74, 6) is 0.923. The highest BCUT2D eigenvalue weighted by atomic mass is 35.5. The quantitative estimate of drug-likeness (QED) is 0.236. The molecule has 0 atom stereocenters. The third-order valence-electron chi connectivity index (χ3n) is 7.28. The van der Waals surface area contributed by atoms with Gasteiger partial charge in [-0.15, -0.1) is 0 Å². The second-order valence-electron chi connectivity index (χ2n) is 10.2. The Hall–Kier alpha value is -5.75. The van der Waals surface area contributed by atoms with Gasteiger partial charge in [0, 0.05) is 38.9 Å². The van der Waals surface area contributed by atoms with Gasteiger partial charge in [-0.1, -0.05) is 17.7 Å². The number of hydrogen-bond donors (Lipinski definition) is 0. The fraction of sp³-hybridized carbons (Fsp3) is 0.152. The van der Waals surface area contributed by atoms with E-state index in [9.17, 15) is 9.59 Å². The van der Waals surface area contributed by atoms with Crippen molar-refractivity contribution in [1.82, 2.24) is 39.5 Å². The fourth-order valence-corrected chi connectivity index (χ4v) is 4.80. The summed E-state index contributed by atoms with van der Waals surface area (Å²) in [6, 6.07) is 14.6. The first kappa shape index (κ1) is 31.7. The maximum Gasteiger partial charge on any atom is 0.261 e. The van der Waals surface area contributed by atoms with Gasteiger partial charge >= 0.3 is 0 Å². The van der Waals surface area contributed by atoms with Crippen LogP contribution in [-0.4, -0.2) is 65.4 Å². The summed E-state index contributed by atoms with van der Waals surface area (Å²) < 4.78 is 3.26. The first-order chi connectivity index (χ1) is 22.2. The maximum atomic E-state index is 12.7. The summed E-state index contributed by atoms with van der Waals surface area (Å²) in [7, 11) is 3.42. The molecule has 0 N–H and O–H groups in total. The standard InChI is InChI=1S/C17H17N5O.C16H14ClN5O/c1-12-6-4-9-19-16(12)22-13(2)15(11-20-22)17(23)21(3)14-7-5-8-18-10-14;1-11-13(16(23)21(2)12-5-3-7-18-9-12)10-20-22(11)15-14(17)6-4-8-19-15/h4-11H,1-3H3;3-10H,1-2H3. The lowest BCUT2D eigenvalue weighted by Crippen LogP contribution is -2.26. The van der Waals surface area contributed by atoms with E-state index in [0.29, 0.717) is 33.3 Å². The number of rotatable bonds is 6. The molecule has 6 aromatic heterocycles. The Morgan fingerprint density at radius 1 is 0.630 bits per heavy atom. The minimum Gasteiger partial charge on any atom is -0.310 e. The number of carbonyl (C=O) groups excluding carboxylic acids is 2. The van der Waals surface area contributed by atoms with E-state index in [1.165, 1.54) is 11.1 Å². The molecule has 232 valence electrons. The Labute approximate surface area is 271 Å². The van der Waals surface area contributed by atoms with E-state index in [2.05, 4.69) is 30.1 Å². The van der Waals surface area contributed by atoms with Crippen LogP contribution in [0.1, 0.15) is 37.7 Å². The Kier molecular flexibility index (Phi) is 9.58. The predicted molar refractivity (Wildman–Crippen MR) is 176 cm³/mol. The largest absolute Gasteiger partial charge is 0.310 e. The molecule has 0 saturated heterocycles. The van der Waals surface area contributed by atoms with E-state index in [-0.39, 0.29) is 11.8 Å². The molecule has 0 unspecified atom stereocenters. The zero-order valence-electron chi connectivity index (χ0n) is 25.9. The van der Waals surface area contributed by atoms with Crippen LogP contribution in [0.25, 0.3) is 11.6 Å². The molecule has 0 aliphatic carbocycles. The molecule has 6 heterocycles. The first-order valence-electron chi connectivity index (χ1n) is 14.2. The number of amides is 2. The lowest BCUT2D eigenvalue weighted by atomic mass is 10.2. The van der Waals surface area contributed by atoms with Crippen LogP contribution in [0, 0.1) is 20.8 Å². The van der Waals surface area contributed by atoms with Crippen LogP contribution in [-0.2, 0) is 0 Å². The summed E-state index contributed by atoms with van der Waals surface area (Å²) in [5, 5.41) is 9.06. The topological polar surface area (TPSA) is 128 Å². The summed E-state index contributed by atoms with van der Waals surface area (Å²) in [4.78, 5) is 45.1. The van der Waals surface area contributed by atoms with Crippen molar-refractivity contribution >= 4 is 34.8 Å². The van der Waals surface area contributed by atoms with Gasteiger partial charge in [-0.25, -0.2) is 19.3 Å². The molecule has 0 saturated carbocycles. The number of pyridine rings is 4. The monoisotopic (exact) mass is 634 g/mol. The number of anilines is 2. The van der Waals surface area contributed by atoms with Crippen LogP contribution in [0.3, 0.4) is 0 Å². The molecule has 6 aromatic rings.